The van der Waals surface area contributed by atoms with E-state index < -0.39 is 16.1 Å². The molecule has 2 aliphatic heterocycles. The predicted molar refractivity (Wildman–Crippen MR) is 104 cm³/mol. The lowest BCUT2D eigenvalue weighted by molar-refractivity contribution is -0.385. The summed E-state index contributed by atoms with van der Waals surface area (Å²) in [5.41, 5.74) is -0.361. The predicted octanol–water partition coefficient (Wildman–Crippen LogP) is 2.36. The van der Waals surface area contributed by atoms with Crippen LogP contribution in [0.25, 0.3) is 6.08 Å². The van der Waals surface area contributed by atoms with Gasteiger partial charge in [-0.3, -0.25) is 29.4 Å². The molecule has 2 heterocycles. The summed E-state index contributed by atoms with van der Waals surface area (Å²) in [6, 6.07) is 2.16. The molecule has 0 atom stereocenters. The summed E-state index contributed by atoms with van der Waals surface area (Å²) >= 11 is 0.609. The Morgan fingerprint density at radius 1 is 1.34 bits per heavy atom. The third-order valence-corrected chi connectivity index (χ3v) is 5.42. The molecular weight excluding hydrogens is 402 g/mol. The molecule has 0 aliphatic carbocycles. The fourth-order valence-electron chi connectivity index (χ4n) is 3.07. The zero-order valence-corrected chi connectivity index (χ0v) is 16.4. The summed E-state index contributed by atoms with van der Waals surface area (Å²) in [4.78, 5) is 50.0. The molecule has 0 saturated carbocycles. The summed E-state index contributed by atoms with van der Waals surface area (Å²) in [6.07, 6.45) is 2.97. The van der Waals surface area contributed by atoms with Crippen LogP contribution in [0.2, 0.25) is 0 Å². The third kappa shape index (κ3) is 4.34. The van der Waals surface area contributed by atoms with Crippen LogP contribution in [0.15, 0.2) is 17.0 Å². The SMILES string of the molecule is CCOc1cc([N+](=O)[O-])cc(/C=C2/SC(=O)N(CC(=O)N3CCCC3)C2=O)c1O. The van der Waals surface area contributed by atoms with Crippen LogP contribution in [0, 0.1) is 10.1 Å². The molecule has 0 aromatic heterocycles. The molecule has 10 nitrogen and oxygen atoms in total. The number of thioether (sulfide) groups is 1. The fraction of sp³-hybridized carbons (Fsp3) is 0.389. The number of likely N-dealkylation sites (tertiary alicyclic amines) is 1. The lowest BCUT2D eigenvalue weighted by Gasteiger charge is -2.18. The van der Waals surface area contributed by atoms with Crippen molar-refractivity contribution in [1.82, 2.24) is 9.80 Å². The molecule has 29 heavy (non-hydrogen) atoms. The lowest BCUT2D eigenvalue weighted by Crippen LogP contribution is -2.40. The van der Waals surface area contributed by atoms with Gasteiger partial charge in [0, 0.05) is 24.7 Å². The average molecular weight is 421 g/mol. The van der Waals surface area contributed by atoms with Crippen LogP contribution >= 0.6 is 11.8 Å². The number of phenolic OH excluding ortho intramolecular Hbond substituents is 1. The van der Waals surface area contributed by atoms with Crippen molar-refractivity contribution < 1.29 is 29.2 Å². The highest BCUT2D eigenvalue weighted by Crippen LogP contribution is 2.39. The molecule has 2 saturated heterocycles. The number of ether oxygens (including phenoxy) is 1. The molecule has 154 valence electrons. The summed E-state index contributed by atoms with van der Waals surface area (Å²) in [6.45, 7) is 2.68. The maximum atomic E-state index is 12.6. The number of carbonyl (C=O) groups is 3. The molecule has 0 unspecified atom stereocenters. The molecule has 0 radical (unpaired) electrons. The normalized spacial score (nSPS) is 18.0. The van der Waals surface area contributed by atoms with E-state index in [1.54, 1.807) is 11.8 Å². The minimum atomic E-state index is -0.684. The number of hydrogen-bond acceptors (Lipinski definition) is 8. The number of nitro groups is 1. The Balaban J connectivity index is 1.87. The van der Waals surface area contributed by atoms with Crippen molar-refractivity contribution in [2.75, 3.05) is 26.2 Å². The van der Waals surface area contributed by atoms with E-state index in [2.05, 4.69) is 0 Å². The number of rotatable bonds is 6. The number of non-ortho nitro benzene ring substituents is 1. The molecule has 11 heteroatoms. The van der Waals surface area contributed by atoms with Gasteiger partial charge >= 0.3 is 0 Å². The van der Waals surface area contributed by atoms with Crippen LogP contribution in [0.5, 0.6) is 11.5 Å². The van der Waals surface area contributed by atoms with Crippen LogP contribution in [-0.2, 0) is 9.59 Å². The van der Waals surface area contributed by atoms with E-state index in [1.807, 2.05) is 0 Å². The molecule has 3 amide bonds. The molecule has 3 rings (SSSR count). The topological polar surface area (TPSA) is 130 Å². The second-order valence-corrected chi connectivity index (χ2v) is 7.42. The van der Waals surface area contributed by atoms with Crippen molar-refractivity contribution in [2.24, 2.45) is 0 Å². The number of carbonyl (C=O) groups excluding carboxylic acids is 3. The molecule has 0 spiro atoms. The van der Waals surface area contributed by atoms with E-state index in [0.717, 1.165) is 29.9 Å². The van der Waals surface area contributed by atoms with E-state index in [-0.39, 0.29) is 46.7 Å². The molecule has 1 aromatic rings. The highest BCUT2D eigenvalue weighted by Gasteiger charge is 2.37. The van der Waals surface area contributed by atoms with Crippen LogP contribution in [-0.4, -0.2) is 63.1 Å². The third-order valence-electron chi connectivity index (χ3n) is 4.51. The summed E-state index contributed by atoms with van der Waals surface area (Å²) < 4.78 is 5.21. The minimum absolute atomic E-state index is 0.0287. The average Bonchev–Trinajstić information content (AvgIpc) is 3.29. The number of nitro benzene ring substituents is 1. The highest BCUT2D eigenvalue weighted by atomic mass is 32.2. The van der Waals surface area contributed by atoms with E-state index in [9.17, 15) is 29.6 Å². The van der Waals surface area contributed by atoms with Gasteiger partial charge in [-0.25, -0.2) is 0 Å². The van der Waals surface area contributed by atoms with Crippen molar-refractivity contribution in [1.29, 1.82) is 0 Å². The number of nitrogens with zero attached hydrogens (tertiary/aromatic N) is 3. The quantitative estimate of drug-likeness (QED) is 0.421. The number of hydrogen-bond donors (Lipinski definition) is 1. The Morgan fingerprint density at radius 3 is 2.66 bits per heavy atom. The molecule has 1 aromatic carbocycles. The Labute approximate surface area is 170 Å². The van der Waals surface area contributed by atoms with Gasteiger partial charge in [0.05, 0.1) is 22.5 Å². The number of amides is 3. The first-order chi connectivity index (χ1) is 13.8. The van der Waals surface area contributed by atoms with Gasteiger partial charge in [-0.05, 0) is 37.6 Å². The Hall–Kier alpha value is -3.08. The van der Waals surface area contributed by atoms with Gasteiger partial charge in [0.2, 0.25) is 5.91 Å². The zero-order chi connectivity index (χ0) is 21.1. The van der Waals surface area contributed by atoms with Crippen LogP contribution in [0.1, 0.15) is 25.3 Å². The smallest absolute Gasteiger partial charge is 0.294 e. The number of benzene rings is 1. The van der Waals surface area contributed by atoms with Crippen LogP contribution < -0.4 is 4.74 Å². The van der Waals surface area contributed by atoms with Gasteiger partial charge in [0.1, 0.15) is 6.54 Å². The minimum Gasteiger partial charge on any atom is -0.504 e. The Bertz CT molecular complexity index is 909. The first-order valence-electron chi connectivity index (χ1n) is 8.99. The standard InChI is InChI=1S/C18H19N3O7S/c1-2-28-13-9-12(21(26)27)7-11(16(13)23)8-14-17(24)20(18(25)29-14)10-15(22)19-5-3-4-6-19/h7-9,23H,2-6,10H2,1H3/b14-8+. The maximum absolute atomic E-state index is 12.6. The zero-order valence-electron chi connectivity index (χ0n) is 15.6. The largest absolute Gasteiger partial charge is 0.504 e. The Morgan fingerprint density at radius 2 is 2.03 bits per heavy atom. The number of imide groups is 1. The van der Waals surface area contributed by atoms with E-state index in [1.165, 1.54) is 6.08 Å². The summed E-state index contributed by atoms with van der Waals surface area (Å²) in [5.74, 6) is -1.46. The van der Waals surface area contributed by atoms with Crippen LogP contribution in [0.3, 0.4) is 0 Å². The molecule has 2 fully saturated rings. The van der Waals surface area contributed by atoms with Crippen molar-refractivity contribution in [3.8, 4) is 11.5 Å². The van der Waals surface area contributed by atoms with Crippen molar-refractivity contribution in [2.45, 2.75) is 19.8 Å². The van der Waals surface area contributed by atoms with E-state index in [0.29, 0.717) is 24.9 Å². The monoisotopic (exact) mass is 421 g/mol. The Kier molecular flexibility index (Phi) is 6.06. The summed E-state index contributed by atoms with van der Waals surface area (Å²) in [5, 5.41) is 20.9. The first-order valence-corrected chi connectivity index (χ1v) is 9.80. The van der Waals surface area contributed by atoms with Gasteiger partial charge in [-0.2, -0.15) is 0 Å². The second kappa shape index (κ2) is 8.52. The van der Waals surface area contributed by atoms with Gasteiger partial charge in [0.25, 0.3) is 16.8 Å². The molecule has 2 aliphatic rings. The van der Waals surface area contributed by atoms with E-state index in [4.69, 9.17) is 4.74 Å². The summed E-state index contributed by atoms with van der Waals surface area (Å²) in [7, 11) is 0. The van der Waals surface area contributed by atoms with Crippen molar-refractivity contribution >= 4 is 40.6 Å². The lowest BCUT2D eigenvalue weighted by atomic mass is 10.1. The van der Waals surface area contributed by atoms with Gasteiger partial charge in [-0.1, -0.05) is 0 Å². The number of phenols is 1. The van der Waals surface area contributed by atoms with Gasteiger partial charge in [-0.15, -0.1) is 0 Å². The van der Waals surface area contributed by atoms with Crippen molar-refractivity contribution in [3.05, 3.63) is 32.7 Å². The van der Waals surface area contributed by atoms with Crippen molar-refractivity contribution in [3.63, 3.8) is 0 Å². The van der Waals surface area contributed by atoms with Gasteiger partial charge < -0.3 is 14.7 Å². The maximum Gasteiger partial charge on any atom is 0.294 e. The van der Waals surface area contributed by atoms with Crippen LogP contribution in [0.4, 0.5) is 10.5 Å². The molecule has 0 bridgehead atoms. The number of aromatic hydroxyl groups is 1. The van der Waals surface area contributed by atoms with Gasteiger partial charge in [0.15, 0.2) is 11.5 Å². The second-order valence-electron chi connectivity index (χ2n) is 6.43. The molecule has 1 N–H and O–H groups in total. The first kappa shape index (κ1) is 20.6. The fourth-order valence-corrected chi connectivity index (χ4v) is 3.90. The van der Waals surface area contributed by atoms with E-state index >= 15 is 0 Å². The molecular formula is C18H19N3O7S. The highest BCUT2D eigenvalue weighted by molar-refractivity contribution is 8.18.